The molecule has 0 N–H and O–H groups in total. The number of carbonyl (C=O) groups is 1. The first-order valence-corrected chi connectivity index (χ1v) is 10.7. The summed E-state index contributed by atoms with van der Waals surface area (Å²) in [6.07, 6.45) is 1.86. The zero-order valence-electron chi connectivity index (χ0n) is 16.8. The van der Waals surface area contributed by atoms with Crippen molar-refractivity contribution in [1.29, 1.82) is 0 Å². The monoisotopic (exact) mass is 420 g/mol. The molecule has 0 saturated carbocycles. The zero-order valence-corrected chi connectivity index (χ0v) is 17.6. The summed E-state index contributed by atoms with van der Waals surface area (Å²) in [7, 11) is 0. The highest BCUT2D eigenvalue weighted by atomic mass is 32.2. The fourth-order valence-corrected chi connectivity index (χ4v) is 3.25. The van der Waals surface area contributed by atoms with Crippen molar-refractivity contribution in [3.63, 3.8) is 0 Å². The fraction of sp³-hybridized carbons (Fsp3) is 0.182. The molecule has 30 heavy (non-hydrogen) atoms. The third kappa shape index (κ3) is 3.99. The normalized spacial score (nSPS) is 10.9. The SMILES string of the molecule is CSCOC(=O)c1cc(-c2nnc(-c3cccc(C)c3)o2)n(-c2ccccc2C)n1. The van der Waals surface area contributed by atoms with Crippen molar-refractivity contribution in [2.75, 3.05) is 12.2 Å². The average Bonchev–Trinajstić information content (AvgIpc) is 3.40. The molecule has 0 atom stereocenters. The number of ether oxygens (including phenoxy) is 1. The molecule has 2 heterocycles. The van der Waals surface area contributed by atoms with Gasteiger partial charge in [0.15, 0.2) is 5.69 Å². The standard InChI is InChI=1S/C22H20N4O3S/c1-14-7-6-9-16(11-14)20-23-24-21(29-20)19-12-17(22(27)28-13-30-3)25-26(19)18-10-5-4-8-15(18)2/h4-12H,13H2,1-3H3. The van der Waals surface area contributed by atoms with Gasteiger partial charge in [-0.05, 0) is 43.9 Å². The van der Waals surface area contributed by atoms with Crippen molar-refractivity contribution < 1.29 is 13.9 Å². The lowest BCUT2D eigenvalue weighted by molar-refractivity contribution is 0.0572. The Morgan fingerprint density at radius 2 is 1.87 bits per heavy atom. The molecule has 0 fully saturated rings. The molecule has 8 heteroatoms. The van der Waals surface area contributed by atoms with Gasteiger partial charge in [0.2, 0.25) is 5.89 Å². The second-order valence-electron chi connectivity index (χ2n) is 6.73. The van der Waals surface area contributed by atoms with E-state index in [9.17, 15) is 4.79 Å². The maximum absolute atomic E-state index is 12.4. The molecule has 152 valence electrons. The second-order valence-corrected chi connectivity index (χ2v) is 7.55. The number of thioether (sulfide) groups is 1. The van der Waals surface area contributed by atoms with E-state index in [1.807, 2.05) is 68.6 Å². The lowest BCUT2D eigenvalue weighted by atomic mass is 10.1. The maximum Gasteiger partial charge on any atom is 0.359 e. The summed E-state index contributed by atoms with van der Waals surface area (Å²) in [6, 6.07) is 17.2. The van der Waals surface area contributed by atoms with Gasteiger partial charge in [-0.1, -0.05) is 35.9 Å². The number of carbonyl (C=O) groups excluding carboxylic acids is 1. The summed E-state index contributed by atoms with van der Waals surface area (Å²) in [5.74, 6) is 0.420. The zero-order chi connectivity index (χ0) is 21.1. The molecule has 0 spiro atoms. The number of rotatable bonds is 6. The van der Waals surface area contributed by atoms with E-state index < -0.39 is 5.97 Å². The summed E-state index contributed by atoms with van der Waals surface area (Å²) in [5.41, 5.74) is 4.42. The third-order valence-corrected chi connectivity index (χ3v) is 4.83. The summed E-state index contributed by atoms with van der Waals surface area (Å²) < 4.78 is 12.8. The van der Waals surface area contributed by atoms with Crippen molar-refractivity contribution >= 4 is 17.7 Å². The minimum atomic E-state index is -0.503. The van der Waals surface area contributed by atoms with Crippen LogP contribution in [-0.2, 0) is 4.74 Å². The van der Waals surface area contributed by atoms with Gasteiger partial charge in [0, 0.05) is 11.6 Å². The molecule has 7 nitrogen and oxygen atoms in total. The number of aryl methyl sites for hydroxylation is 2. The van der Waals surface area contributed by atoms with Crippen LogP contribution in [0.4, 0.5) is 0 Å². The van der Waals surface area contributed by atoms with E-state index in [4.69, 9.17) is 9.15 Å². The largest absolute Gasteiger partial charge is 0.450 e. The molecule has 0 saturated heterocycles. The van der Waals surface area contributed by atoms with Crippen LogP contribution in [0.3, 0.4) is 0 Å². The molecule has 0 aliphatic rings. The van der Waals surface area contributed by atoms with Crippen molar-refractivity contribution in [3.05, 3.63) is 71.4 Å². The van der Waals surface area contributed by atoms with Crippen LogP contribution in [0.2, 0.25) is 0 Å². The molecule has 4 rings (SSSR count). The van der Waals surface area contributed by atoms with E-state index in [0.29, 0.717) is 11.6 Å². The predicted octanol–water partition coefficient (Wildman–Crippen LogP) is 4.68. The fourth-order valence-electron chi connectivity index (χ4n) is 3.03. The van der Waals surface area contributed by atoms with Crippen LogP contribution in [0.5, 0.6) is 0 Å². The van der Waals surface area contributed by atoms with Crippen LogP contribution < -0.4 is 0 Å². The molecular weight excluding hydrogens is 400 g/mol. The lowest BCUT2D eigenvalue weighted by Crippen LogP contribution is -2.07. The Morgan fingerprint density at radius 3 is 2.63 bits per heavy atom. The van der Waals surface area contributed by atoms with Crippen LogP contribution in [0, 0.1) is 13.8 Å². The van der Waals surface area contributed by atoms with Gasteiger partial charge in [-0.3, -0.25) is 0 Å². The first kappa shape index (κ1) is 19.9. The van der Waals surface area contributed by atoms with Gasteiger partial charge >= 0.3 is 5.97 Å². The molecule has 0 bridgehead atoms. The topological polar surface area (TPSA) is 83.0 Å². The highest BCUT2D eigenvalue weighted by Crippen LogP contribution is 2.28. The van der Waals surface area contributed by atoms with Gasteiger partial charge in [0.05, 0.1) is 5.69 Å². The van der Waals surface area contributed by atoms with Crippen molar-refractivity contribution in [2.45, 2.75) is 13.8 Å². The second kappa shape index (κ2) is 8.54. The quantitative estimate of drug-likeness (QED) is 0.331. The summed E-state index contributed by atoms with van der Waals surface area (Å²) in [5, 5.41) is 12.9. The predicted molar refractivity (Wildman–Crippen MR) is 116 cm³/mol. The van der Waals surface area contributed by atoms with Crippen molar-refractivity contribution in [1.82, 2.24) is 20.0 Å². The first-order valence-electron chi connectivity index (χ1n) is 9.30. The number of nitrogens with zero attached hydrogens (tertiary/aromatic N) is 4. The Bertz CT molecular complexity index is 1200. The Morgan fingerprint density at radius 1 is 1.07 bits per heavy atom. The minimum absolute atomic E-state index is 0.178. The number of benzene rings is 2. The van der Waals surface area contributed by atoms with E-state index >= 15 is 0 Å². The number of hydrogen-bond acceptors (Lipinski definition) is 7. The number of aromatic nitrogens is 4. The van der Waals surface area contributed by atoms with E-state index in [1.165, 1.54) is 11.8 Å². The summed E-state index contributed by atoms with van der Waals surface area (Å²) in [6.45, 7) is 3.97. The maximum atomic E-state index is 12.4. The number of esters is 1. The highest BCUT2D eigenvalue weighted by molar-refractivity contribution is 7.98. The van der Waals surface area contributed by atoms with E-state index in [0.717, 1.165) is 22.4 Å². The van der Waals surface area contributed by atoms with E-state index in [-0.39, 0.29) is 17.5 Å². The molecule has 0 unspecified atom stereocenters. The Labute approximate surface area is 178 Å². The van der Waals surface area contributed by atoms with Crippen LogP contribution in [0.15, 0.2) is 59.0 Å². The van der Waals surface area contributed by atoms with Gasteiger partial charge in [-0.25, -0.2) is 9.48 Å². The van der Waals surface area contributed by atoms with E-state index in [1.54, 1.807) is 10.7 Å². The molecule has 0 aliphatic carbocycles. The van der Waals surface area contributed by atoms with Gasteiger partial charge < -0.3 is 9.15 Å². The highest BCUT2D eigenvalue weighted by Gasteiger charge is 2.22. The molecule has 0 aliphatic heterocycles. The van der Waals surface area contributed by atoms with Crippen LogP contribution in [0.1, 0.15) is 21.6 Å². The van der Waals surface area contributed by atoms with Crippen molar-refractivity contribution in [2.24, 2.45) is 0 Å². The van der Waals surface area contributed by atoms with Gasteiger partial charge in [0.1, 0.15) is 11.6 Å². The van der Waals surface area contributed by atoms with Crippen LogP contribution >= 0.6 is 11.8 Å². The molecule has 4 aromatic rings. The number of para-hydroxylation sites is 1. The molecular formula is C22H20N4O3S. The molecule has 0 amide bonds. The molecule has 2 aromatic carbocycles. The van der Waals surface area contributed by atoms with Crippen LogP contribution in [-0.4, -0.2) is 38.1 Å². The van der Waals surface area contributed by atoms with Crippen molar-refractivity contribution in [3.8, 4) is 28.7 Å². The Hall–Kier alpha value is -3.39. The lowest BCUT2D eigenvalue weighted by Gasteiger charge is -2.07. The number of hydrogen-bond donors (Lipinski definition) is 0. The van der Waals surface area contributed by atoms with Gasteiger partial charge in [-0.2, -0.15) is 5.10 Å². The first-order chi connectivity index (χ1) is 14.6. The average molecular weight is 420 g/mol. The Balaban J connectivity index is 1.79. The summed E-state index contributed by atoms with van der Waals surface area (Å²) >= 11 is 1.41. The molecule has 0 radical (unpaired) electrons. The van der Waals surface area contributed by atoms with E-state index in [2.05, 4.69) is 15.3 Å². The smallest absolute Gasteiger partial charge is 0.359 e. The van der Waals surface area contributed by atoms with Gasteiger partial charge in [0.25, 0.3) is 5.89 Å². The molecule has 2 aromatic heterocycles. The summed E-state index contributed by atoms with van der Waals surface area (Å²) in [4.78, 5) is 12.4. The Kier molecular flexibility index (Phi) is 5.67. The minimum Gasteiger partial charge on any atom is -0.450 e. The van der Waals surface area contributed by atoms with Crippen LogP contribution in [0.25, 0.3) is 28.7 Å². The third-order valence-electron chi connectivity index (χ3n) is 4.48. The van der Waals surface area contributed by atoms with Gasteiger partial charge in [-0.15, -0.1) is 22.0 Å².